The van der Waals surface area contributed by atoms with Crippen molar-refractivity contribution in [2.75, 3.05) is 13.7 Å². The zero-order valence-electron chi connectivity index (χ0n) is 16.9. The van der Waals surface area contributed by atoms with Gasteiger partial charge in [-0.15, -0.1) is 0 Å². The Morgan fingerprint density at radius 1 is 1.24 bits per heavy atom. The maximum Gasteiger partial charge on any atom is 0.316 e. The number of aromatic nitrogens is 2. The summed E-state index contributed by atoms with van der Waals surface area (Å²) in [4.78, 5) is 10.2. The number of carbonyl (C=O) groups is 1. The molecule has 0 spiro atoms. The lowest BCUT2D eigenvalue weighted by Crippen LogP contribution is -2.23. The minimum absolute atomic E-state index is 0.0512. The van der Waals surface area contributed by atoms with E-state index in [1.807, 2.05) is 6.07 Å². The molecule has 6 nitrogen and oxygen atoms in total. The van der Waals surface area contributed by atoms with Crippen molar-refractivity contribution in [1.29, 1.82) is 5.26 Å². The van der Waals surface area contributed by atoms with E-state index in [1.165, 1.54) is 7.11 Å². The number of nitriles is 1. The van der Waals surface area contributed by atoms with E-state index in [0.29, 0.717) is 12.8 Å². The number of ether oxygens (including phenoxy) is 2. The number of esters is 1. The number of methoxy groups -OCH3 is 1. The molecule has 1 aromatic carbocycles. The lowest BCUT2D eigenvalue weighted by Gasteiger charge is -2.40. The molecule has 2 aliphatic carbocycles. The second-order valence-corrected chi connectivity index (χ2v) is 11.3. The molecule has 2 aliphatic rings. The third kappa shape index (κ3) is 4.34. The largest absolute Gasteiger partial charge is 0.477 e. The summed E-state index contributed by atoms with van der Waals surface area (Å²) in [5.41, 5.74) is -1.76. The second-order valence-electron chi connectivity index (χ2n) is 8.08. The van der Waals surface area contributed by atoms with E-state index in [9.17, 15) is 29.5 Å². The van der Waals surface area contributed by atoms with Gasteiger partial charge in [0.15, 0.2) is 5.69 Å². The Morgan fingerprint density at radius 3 is 2.24 bits per heavy atom. The second kappa shape index (κ2) is 6.90. The predicted octanol–water partition coefficient (Wildman–Crippen LogP) is 6.70. The van der Waals surface area contributed by atoms with Crippen molar-refractivity contribution >= 4 is 39.4 Å². The zero-order valence-corrected chi connectivity index (χ0v) is 19.2. The van der Waals surface area contributed by atoms with Crippen LogP contribution in [0.15, 0.2) is 17.0 Å². The van der Waals surface area contributed by atoms with Crippen molar-refractivity contribution in [3.63, 3.8) is 0 Å². The lowest BCUT2D eigenvalue weighted by atomic mass is 9.96. The van der Waals surface area contributed by atoms with E-state index >= 15 is 0 Å². The van der Waals surface area contributed by atoms with Crippen molar-refractivity contribution in [1.82, 2.24) is 9.78 Å². The van der Waals surface area contributed by atoms with Crippen LogP contribution in [-0.4, -0.2) is 29.5 Å². The summed E-state index contributed by atoms with van der Waals surface area (Å²) in [7, 11) is -8.89. The third-order valence-corrected chi connectivity index (χ3v) is 7.26. The van der Waals surface area contributed by atoms with Crippen LogP contribution in [0.1, 0.15) is 36.9 Å². The highest BCUT2D eigenvalue weighted by Crippen LogP contribution is 3.02. The van der Waals surface area contributed by atoms with Crippen LogP contribution in [0.2, 0.25) is 10.0 Å². The molecule has 2 fully saturated rings. The van der Waals surface area contributed by atoms with Gasteiger partial charge in [0.1, 0.15) is 22.1 Å². The first-order valence-corrected chi connectivity index (χ1v) is 12.3. The van der Waals surface area contributed by atoms with E-state index in [4.69, 9.17) is 32.7 Å². The summed E-state index contributed by atoms with van der Waals surface area (Å²) < 4.78 is 78.1. The van der Waals surface area contributed by atoms with Gasteiger partial charge >= 0.3 is 16.2 Å². The first-order chi connectivity index (χ1) is 15.1. The van der Waals surface area contributed by atoms with E-state index in [2.05, 4.69) is 5.10 Å². The molecule has 0 N–H and O–H groups in total. The molecule has 2 saturated carbocycles. The number of nitrogens with zero attached hydrogens (tertiary/aromatic N) is 3. The molecule has 1 aromatic heterocycles. The number of hydrogen-bond acceptors (Lipinski definition) is 5. The molecule has 14 heteroatoms. The predicted molar refractivity (Wildman–Crippen MR) is 111 cm³/mol. The molecule has 180 valence electrons. The van der Waals surface area contributed by atoms with E-state index in [0.717, 1.165) is 17.5 Å². The van der Waals surface area contributed by atoms with Gasteiger partial charge in [-0.1, -0.05) is 42.6 Å². The first-order valence-electron chi connectivity index (χ1n) is 9.59. The smallest absolute Gasteiger partial charge is 0.316 e. The van der Waals surface area contributed by atoms with Crippen LogP contribution in [0.4, 0.5) is 19.4 Å². The topological polar surface area (TPSA) is 77.1 Å². The summed E-state index contributed by atoms with van der Waals surface area (Å²) in [6, 6.07) is 1.94. The van der Waals surface area contributed by atoms with Crippen LogP contribution in [0, 0.1) is 17.2 Å². The Labute approximate surface area is 194 Å². The monoisotopic (exact) mass is 531 g/mol. The highest BCUT2D eigenvalue weighted by molar-refractivity contribution is 8.45. The van der Waals surface area contributed by atoms with Crippen molar-refractivity contribution in [3.05, 3.63) is 33.4 Å². The van der Waals surface area contributed by atoms with Crippen LogP contribution in [0.3, 0.4) is 0 Å². The summed E-state index contributed by atoms with van der Waals surface area (Å²) in [6.45, 7) is 0.180. The molecular formula is C19H16Cl2F5N3O3S. The molecule has 0 unspecified atom stereocenters. The first kappa shape index (κ1) is 23.9. The lowest BCUT2D eigenvalue weighted by molar-refractivity contribution is -0.143. The summed E-state index contributed by atoms with van der Waals surface area (Å²) in [6.07, 6.45) is 2.42. The SMILES string of the molecule is COC(=O)C1(c2c(C#N)nn(-c3c(Cl)cc(S(F)(F)(F)(F)F)cc3Cl)c2OCC2CC2)CC1. The molecule has 33 heavy (non-hydrogen) atoms. The molecule has 0 saturated heterocycles. The Hall–Kier alpha value is -2.23. The van der Waals surface area contributed by atoms with Gasteiger partial charge in [0, 0.05) is 0 Å². The minimum atomic E-state index is -10.1. The fraction of sp³-hybridized carbons (Fsp3) is 0.421. The molecule has 4 rings (SSSR count). The summed E-state index contributed by atoms with van der Waals surface area (Å²) in [5.74, 6) is -0.546. The van der Waals surface area contributed by atoms with Gasteiger partial charge in [-0.3, -0.25) is 4.79 Å². The third-order valence-electron chi connectivity index (χ3n) is 5.55. The number of benzene rings is 1. The fourth-order valence-corrected chi connectivity index (χ4v) is 4.98. The molecule has 1 heterocycles. The number of rotatable bonds is 7. The highest BCUT2D eigenvalue weighted by atomic mass is 35.5. The Balaban J connectivity index is 1.94. The average Bonchev–Trinajstić information content (AvgIpc) is 3.62. The number of hydrogen-bond donors (Lipinski definition) is 0. The van der Waals surface area contributed by atoms with Crippen molar-refractivity contribution in [2.45, 2.75) is 36.0 Å². The molecule has 0 bridgehead atoms. The molecule has 0 amide bonds. The zero-order chi connectivity index (χ0) is 24.5. The van der Waals surface area contributed by atoms with Crippen LogP contribution < -0.4 is 4.74 Å². The van der Waals surface area contributed by atoms with Gasteiger partial charge in [-0.25, -0.2) is 0 Å². The maximum absolute atomic E-state index is 13.3. The Bertz CT molecular complexity index is 1200. The van der Waals surface area contributed by atoms with Gasteiger partial charge in [0.2, 0.25) is 5.88 Å². The van der Waals surface area contributed by atoms with Crippen LogP contribution >= 0.6 is 33.4 Å². The van der Waals surface area contributed by atoms with E-state index in [-0.39, 0.29) is 41.8 Å². The van der Waals surface area contributed by atoms with Crippen LogP contribution in [-0.2, 0) is 14.9 Å². The summed E-state index contributed by atoms with van der Waals surface area (Å²) >= 11 is 12.0. The van der Waals surface area contributed by atoms with Crippen LogP contribution in [0.5, 0.6) is 5.88 Å². The Kier molecular flexibility index (Phi) is 5.00. The summed E-state index contributed by atoms with van der Waals surface area (Å²) in [5, 5.41) is 12.1. The average molecular weight is 532 g/mol. The van der Waals surface area contributed by atoms with Crippen molar-refractivity contribution in [3.8, 4) is 17.6 Å². The normalized spacial score (nSPS) is 19.2. The van der Waals surface area contributed by atoms with Gasteiger partial charge < -0.3 is 9.47 Å². The molecule has 0 aliphatic heterocycles. The molecule has 0 atom stereocenters. The van der Waals surface area contributed by atoms with Gasteiger partial charge in [-0.05, 0) is 43.7 Å². The van der Waals surface area contributed by atoms with Crippen LogP contribution in [0.25, 0.3) is 5.69 Å². The quantitative estimate of drug-likeness (QED) is 0.293. The van der Waals surface area contributed by atoms with Crippen molar-refractivity contribution in [2.24, 2.45) is 5.92 Å². The standard InChI is InChI=1S/C19H16Cl2F5N3O3S/c1-31-18(30)19(4-5-19)15-14(8-27)28-29(17(15)32-9-10-2-3-10)16-12(20)6-11(7-13(16)21)33(22,23,24,25)26/h6-7,10H,2-5,9H2,1H3. The Morgan fingerprint density at radius 2 is 1.82 bits per heavy atom. The van der Waals surface area contributed by atoms with Crippen molar-refractivity contribution < 1.29 is 33.7 Å². The number of halogens is 7. The van der Waals surface area contributed by atoms with E-state index in [1.54, 1.807) is 0 Å². The van der Waals surface area contributed by atoms with Gasteiger partial charge in [0.25, 0.3) is 0 Å². The van der Waals surface area contributed by atoms with Gasteiger partial charge in [0.05, 0.1) is 29.3 Å². The van der Waals surface area contributed by atoms with Gasteiger partial charge in [-0.2, -0.15) is 15.0 Å². The van der Waals surface area contributed by atoms with E-state index < -0.39 is 42.2 Å². The fourth-order valence-electron chi connectivity index (χ4n) is 3.52. The highest BCUT2D eigenvalue weighted by Gasteiger charge is 2.66. The minimum Gasteiger partial charge on any atom is -0.477 e. The number of carbonyl (C=O) groups excluding carboxylic acids is 1. The molecule has 0 radical (unpaired) electrons. The molecular weight excluding hydrogens is 516 g/mol. The maximum atomic E-state index is 13.3. The molecule has 2 aromatic rings.